The molecule has 0 unspecified atom stereocenters. The second-order valence-corrected chi connectivity index (χ2v) is 3.95. The van der Waals surface area contributed by atoms with E-state index < -0.39 is 17.1 Å². The van der Waals surface area contributed by atoms with E-state index in [9.17, 15) is 14.7 Å². The summed E-state index contributed by atoms with van der Waals surface area (Å²) in [6, 6.07) is 0. The maximum Gasteiger partial charge on any atom is 0.333 e. The first-order valence-electron chi connectivity index (χ1n) is 5.53. The first-order valence-corrected chi connectivity index (χ1v) is 5.53. The van der Waals surface area contributed by atoms with Gasteiger partial charge in [-0.3, -0.25) is 18.9 Å². The molecule has 2 N–H and O–H groups in total. The molecule has 0 atom stereocenters. The third-order valence-corrected chi connectivity index (χ3v) is 2.66. The normalized spacial score (nSPS) is 11.9. The summed E-state index contributed by atoms with van der Waals surface area (Å²) >= 11 is 0. The molecule has 0 bridgehead atoms. The predicted molar refractivity (Wildman–Crippen MR) is 67.4 cm³/mol. The Labute approximate surface area is 104 Å². The number of rotatable bonds is 4. The standard InChI is InChI=1S/C11H17N3O4/c1-7(12-5-4-6-15)8-9(16)13(2)11(18)14(3)10(8)17/h15-16H,4-6H2,1-3H3. The fourth-order valence-corrected chi connectivity index (χ4v) is 1.55. The highest BCUT2D eigenvalue weighted by Gasteiger charge is 2.16. The predicted octanol–water partition coefficient (Wildman–Crippen LogP) is -1.02. The SMILES string of the molecule is CC(=NCCCO)c1c(O)n(C)c(=O)n(C)c1=O. The van der Waals surface area contributed by atoms with Crippen LogP contribution in [0.2, 0.25) is 0 Å². The van der Waals surface area contributed by atoms with Crippen molar-refractivity contribution in [2.75, 3.05) is 13.2 Å². The van der Waals surface area contributed by atoms with E-state index in [1.807, 2.05) is 0 Å². The zero-order chi connectivity index (χ0) is 13.9. The van der Waals surface area contributed by atoms with E-state index in [0.717, 1.165) is 9.13 Å². The van der Waals surface area contributed by atoms with Crippen LogP contribution in [0.3, 0.4) is 0 Å². The number of nitrogens with zero attached hydrogens (tertiary/aromatic N) is 3. The summed E-state index contributed by atoms with van der Waals surface area (Å²) in [7, 11) is 2.72. The van der Waals surface area contributed by atoms with Crippen LogP contribution < -0.4 is 11.2 Å². The lowest BCUT2D eigenvalue weighted by Gasteiger charge is -2.09. The molecule has 0 saturated heterocycles. The van der Waals surface area contributed by atoms with Crippen LogP contribution in [0.15, 0.2) is 14.6 Å². The van der Waals surface area contributed by atoms with Gasteiger partial charge in [-0.1, -0.05) is 0 Å². The molecule has 0 fully saturated rings. The minimum atomic E-state index is -0.593. The van der Waals surface area contributed by atoms with E-state index in [1.165, 1.54) is 14.1 Å². The van der Waals surface area contributed by atoms with Crippen LogP contribution in [-0.4, -0.2) is 38.2 Å². The third kappa shape index (κ3) is 2.51. The summed E-state index contributed by atoms with van der Waals surface area (Å²) in [6.45, 7) is 1.94. The average molecular weight is 255 g/mol. The smallest absolute Gasteiger partial charge is 0.333 e. The van der Waals surface area contributed by atoms with E-state index >= 15 is 0 Å². The average Bonchev–Trinajstić information content (AvgIpc) is 2.34. The molecule has 0 aliphatic rings. The van der Waals surface area contributed by atoms with Gasteiger partial charge in [0.1, 0.15) is 5.56 Å². The van der Waals surface area contributed by atoms with Crippen molar-refractivity contribution in [1.29, 1.82) is 0 Å². The highest BCUT2D eigenvalue weighted by molar-refractivity contribution is 6.00. The van der Waals surface area contributed by atoms with Gasteiger partial charge in [-0.2, -0.15) is 0 Å². The first-order chi connectivity index (χ1) is 8.41. The number of aliphatic hydroxyl groups is 1. The van der Waals surface area contributed by atoms with Gasteiger partial charge in [0.2, 0.25) is 5.88 Å². The quantitative estimate of drug-likeness (QED) is 0.531. The molecule has 0 aliphatic carbocycles. The van der Waals surface area contributed by atoms with Gasteiger partial charge in [-0.15, -0.1) is 0 Å². The zero-order valence-electron chi connectivity index (χ0n) is 10.7. The molecule has 1 rings (SSSR count). The molecule has 7 heteroatoms. The summed E-state index contributed by atoms with van der Waals surface area (Å²) in [5, 5.41) is 18.5. The molecular weight excluding hydrogens is 238 g/mol. The Kier molecular flexibility index (Phi) is 4.43. The Morgan fingerprint density at radius 1 is 1.28 bits per heavy atom. The molecular formula is C11H17N3O4. The van der Waals surface area contributed by atoms with E-state index in [-0.39, 0.29) is 12.2 Å². The van der Waals surface area contributed by atoms with Crippen molar-refractivity contribution in [3.05, 3.63) is 26.4 Å². The van der Waals surface area contributed by atoms with Gasteiger partial charge in [0, 0.05) is 33.0 Å². The fourth-order valence-electron chi connectivity index (χ4n) is 1.55. The molecule has 0 saturated carbocycles. The maximum atomic E-state index is 11.9. The lowest BCUT2D eigenvalue weighted by atomic mass is 10.2. The molecule has 1 heterocycles. The van der Waals surface area contributed by atoms with Crippen molar-refractivity contribution < 1.29 is 10.2 Å². The van der Waals surface area contributed by atoms with Crippen LogP contribution in [0.25, 0.3) is 0 Å². The highest BCUT2D eigenvalue weighted by Crippen LogP contribution is 2.10. The van der Waals surface area contributed by atoms with E-state index in [1.54, 1.807) is 6.92 Å². The van der Waals surface area contributed by atoms with Gasteiger partial charge in [0.25, 0.3) is 5.56 Å². The Bertz CT molecular complexity index is 583. The second kappa shape index (κ2) is 5.63. The van der Waals surface area contributed by atoms with Crippen LogP contribution in [0.4, 0.5) is 0 Å². The molecule has 0 aromatic carbocycles. The largest absolute Gasteiger partial charge is 0.494 e. The number of aliphatic hydroxyl groups excluding tert-OH is 1. The number of aliphatic imine (C=N–C) groups is 1. The van der Waals surface area contributed by atoms with Crippen molar-refractivity contribution in [3.63, 3.8) is 0 Å². The molecule has 18 heavy (non-hydrogen) atoms. The summed E-state index contributed by atoms with van der Waals surface area (Å²) in [4.78, 5) is 27.5. The van der Waals surface area contributed by atoms with Crippen LogP contribution in [0.5, 0.6) is 5.88 Å². The van der Waals surface area contributed by atoms with Crippen molar-refractivity contribution >= 4 is 5.71 Å². The molecule has 0 aliphatic heterocycles. The van der Waals surface area contributed by atoms with Crippen molar-refractivity contribution in [3.8, 4) is 5.88 Å². The van der Waals surface area contributed by atoms with Crippen LogP contribution in [-0.2, 0) is 14.1 Å². The molecule has 1 aromatic rings. The summed E-state index contributed by atoms with van der Waals surface area (Å²) in [5.74, 6) is -0.395. The van der Waals surface area contributed by atoms with Crippen LogP contribution >= 0.6 is 0 Å². The van der Waals surface area contributed by atoms with Crippen LogP contribution in [0, 0.1) is 0 Å². The van der Waals surface area contributed by atoms with Crippen molar-refractivity contribution in [2.24, 2.45) is 19.1 Å². The van der Waals surface area contributed by atoms with Crippen molar-refractivity contribution in [1.82, 2.24) is 9.13 Å². The van der Waals surface area contributed by atoms with Gasteiger partial charge in [0.05, 0.1) is 0 Å². The Hall–Kier alpha value is -1.89. The maximum absolute atomic E-state index is 11.9. The number of aromatic hydroxyl groups is 1. The minimum Gasteiger partial charge on any atom is -0.494 e. The summed E-state index contributed by atoms with van der Waals surface area (Å²) in [6.07, 6.45) is 0.476. The van der Waals surface area contributed by atoms with E-state index in [2.05, 4.69) is 4.99 Å². The lowest BCUT2D eigenvalue weighted by molar-refractivity contribution is 0.291. The van der Waals surface area contributed by atoms with E-state index in [4.69, 9.17) is 5.11 Å². The monoisotopic (exact) mass is 255 g/mol. The Morgan fingerprint density at radius 3 is 2.44 bits per heavy atom. The molecule has 7 nitrogen and oxygen atoms in total. The van der Waals surface area contributed by atoms with Gasteiger partial charge in [0.15, 0.2) is 0 Å². The number of hydrogen-bond donors (Lipinski definition) is 2. The molecule has 0 amide bonds. The minimum absolute atomic E-state index is 0.00798. The Balaban J connectivity index is 3.38. The number of aromatic nitrogens is 2. The van der Waals surface area contributed by atoms with Gasteiger partial charge in [-0.05, 0) is 13.3 Å². The summed E-state index contributed by atoms with van der Waals surface area (Å²) in [5.41, 5.74) is -0.819. The third-order valence-electron chi connectivity index (χ3n) is 2.66. The number of hydrogen-bond acceptors (Lipinski definition) is 5. The van der Waals surface area contributed by atoms with Gasteiger partial charge in [-0.25, -0.2) is 4.79 Å². The topological polar surface area (TPSA) is 96.8 Å². The first kappa shape index (κ1) is 14.2. The van der Waals surface area contributed by atoms with E-state index in [0.29, 0.717) is 18.7 Å². The second-order valence-electron chi connectivity index (χ2n) is 3.95. The lowest BCUT2D eigenvalue weighted by Crippen LogP contribution is -2.39. The molecule has 100 valence electrons. The molecule has 1 aromatic heterocycles. The van der Waals surface area contributed by atoms with Gasteiger partial charge < -0.3 is 10.2 Å². The molecule has 0 radical (unpaired) electrons. The van der Waals surface area contributed by atoms with Gasteiger partial charge >= 0.3 is 5.69 Å². The Morgan fingerprint density at radius 2 is 1.89 bits per heavy atom. The fraction of sp³-hybridized carbons (Fsp3) is 0.545. The van der Waals surface area contributed by atoms with Crippen molar-refractivity contribution in [2.45, 2.75) is 13.3 Å². The zero-order valence-corrected chi connectivity index (χ0v) is 10.7. The summed E-state index contributed by atoms with van der Waals surface area (Å²) < 4.78 is 1.90. The highest BCUT2D eigenvalue weighted by atomic mass is 16.3. The van der Waals surface area contributed by atoms with Crippen LogP contribution in [0.1, 0.15) is 18.9 Å². The molecule has 0 spiro atoms.